The van der Waals surface area contributed by atoms with E-state index >= 15 is 0 Å². The maximum atomic E-state index is 12.7. The molecule has 0 aromatic carbocycles. The number of hydrogen-bond acceptors (Lipinski definition) is 5. The molecule has 0 aliphatic carbocycles. The van der Waals surface area contributed by atoms with Crippen LogP contribution in [0.3, 0.4) is 0 Å². The van der Waals surface area contributed by atoms with Gasteiger partial charge in [0.25, 0.3) is 10.2 Å². The first kappa shape index (κ1) is 19.6. The van der Waals surface area contributed by atoms with E-state index in [1.165, 1.54) is 4.31 Å². The van der Waals surface area contributed by atoms with Gasteiger partial charge in [-0.2, -0.15) is 17.0 Å². The largest absolute Gasteiger partial charge is 0.339 e. The topological polar surface area (TPSA) is 90.2 Å². The Morgan fingerprint density at radius 1 is 1.00 bits per heavy atom. The molecule has 2 atom stereocenters. The number of piperazine rings is 2. The summed E-state index contributed by atoms with van der Waals surface area (Å²) in [6.07, 6.45) is 0.852. The molecule has 1 amide bonds. The van der Waals surface area contributed by atoms with Crippen molar-refractivity contribution < 1.29 is 13.2 Å². The second kappa shape index (κ2) is 8.09. The van der Waals surface area contributed by atoms with Gasteiger partial charge in [0.05, 0.1) is 6.04 Å². The zero-order valence-electron chi connectivity index (χ0n) is 15.0. The normalized spacial score (nSPS) is 24.8. The van der Waals surface area contributed by atoms with Crippen molar-refractivity contribution in [1.29, 1.82) is 0 Å². The van der Waals surface area contributed by atoms with E-state index in [0.29, 0.717) is 39.3 Å². The van der Waals surface area contributed by atoms with Gasteiger partial charge >= 0.3 is 0 Å². The summed E-state index contributed by atoms with van der Waals surface area (Å²) in [5.41, 5.74) is 6.02. The monoisotopic (exact) mass is 361 g/mol. The first-order valence-corrected chi connectivity index (χ1v) is 10.1. The molecule has 8 nitrogen and oxygen atoms in total. The van der Waals surface area contributed by atoms with Crippen LogP contribution in [0.2, 0.25) is 0 Å². The average molecular weight is 362 g/mol. The molecule has 0 saturated carbocycles. The summed E-state index contributed by atoms with van der Waals surface area (Å²) < 4.78 is 28.5. The summed E-state index contributed by atoms with van der Waals surface area (Å²) in [4.78, 5) is 16.2. The molecule has 2 fully saturated rings. The molecule has 9 heteroatoms. The van der Waals surface area contributed by atoms with Gasteiger partial charge in [-0.1, -0.05) is 20.3 Å². The Hall–Kier alpha value is -0.740. The van der Waals surface area contributed by atoms with Gasteiger partial charge in [-0.15, -0.1) is 0 Å². The van der Waals surface area contributed by atoms with Crippen molar-refractivity contribution >= 4 is 16.1 Å². The zero-order valence-corrected chi connectivity index (χ0v) is 15.8. The van der Waals surface area contributed by atoms with Crippen LogP contribution in [0.1, 0.15) is 20.3 Å². The molecular weight excluding hydrogens is 330 g/mol. The van der Waals surface area contributed by atoms with E-state index in [4.69, 9.17) is 5.73 Å². The van der Waals surface area contributed by atoms with Crippen LogP contribution in [0.25, 0.3) is 0 Å². The fourth-order valence-corrected chi connectivity index (χ4v) is 4.61. The lowest BCUT2D eigenvalue weighted by atomic mass is 9.99. The fraction of sp³-hybridized carbons (Fsp3) is 0.933. The maximum Gasteiger partial charge on any atom is 0.282 e. The average Bonchev–Trinajstić information content (AvgIpc) is 2.60. The number of amides is 1. The van der Waals surface area contributed by atoms with Crippen LogP contribution in [-0.2, 0) is 15.0 Å². The van der Waals surface area contributed by atoms with Crippen LogP contribution in [0.15, 0.2) is 0 Å². The fourth-order valence-electron chi connectivity index (χ4n) is 3.03. The minimum Gasteiger partial charge on any atom is -0.339 e. The molecule has 2 saturated heterocycles. The third-order valence-corrected chi connectivity index (χ3v) is 7.24. The van der Waals surface area contributed by atoms with E-state index < -0.39 is 16.3 Å². The molecule has 2 aliphatic heterocycles. The summed E-state index contributed by atoms with van der Waals surface area (Å²) in [5.74, 6) is 0.0607. The molecule has 0 radical (unpaired) electrons. The van der Waals surface area contributed by atoms with Gasteiger partial charge in [-0.3, -0.25) is 4.79 Å². The summed E-state index contributed by atoms with van der Waals surface area (Å²) in [5, 5.41) is 0. The standard InChI is InChI=1S/C15H31N5O3S/c1-4-13(2)14(16)15(21)18-7-11-20(12-8-18)24(22,23)19-9-5-17(3)6-10-19/h13-14H,4-12,16H2,1-3H3. The van der Waals surface area contributed by atoms with Gasteiger partial charge in [0.1, 0.15) is 0 Å². The third-order valence-electron chi connectivity index (χ3n) is 5.21. The molecule has 0 spiro atoms. The predicted octanol–water partition coefficient (Wildman–Crippen LogP) is -1.00. The highest BCUT2D eigenvalue weighted by Crippen LogP contribution is 2.16. The molecule has 2 rings (SSSR count). The minimum atomic E-state index is -3.43. The SMILES string of the molecule is CCC(C)C(N)C(=O)N1CCN(S(=O)(=O)N2CCN(C)CC2)CC1. The van der Waals surface area contributed by atoms with Crippen LogP contribution < -0.4 is 5.73 Å². The Bertz CT molecular complexity index is 525. The van der Waals surface area contributed by atoms with Gasteiger partial charge in [0, 0.05) is 52.4 Å². The summed E-state index contributed by atoms with van der Waals surface area (Å²) >= 11 is 0. The van der Waals surface area contributed by atoms with Crippen LogP contribution in [0.4, 0.5) is 0 Å². The van der Waals surface area contributed by atoms with E-state index in [1.54, 1.807) is 9.21 Å². The lowest BCUT2D eigenvalue weighted by molar-refractivity contribution is -0.135. The first-order chi connectivity index (χ1) is 11.3. The number of nitrogens with zero attached hydrogens (tertiary/aromatic N) is 4. The third kappa shape index (κ3) is 4.26. The van der Waals surface area contributed by atoms with E-state index in [0.717, 1.165) is 19.5 Å². The smallest absolute Gasteiger partial charge is 0.282 e. The van der Waals surface area contributed by atoms with E-state index in [9.17, 15) is 13.2 Å². The second-order valence-electron chi connectivity index (χ2n) is 6.85. The molecule has 140 valence electrons. The quantitative estimate of drug-likeness (QED) is 0.678. The number of carbonyl (C=O) groups excluding carboxylic acids is 1. The molecular formula is C15H31N5O3S. The summed E-state index contributed by atoms with van der Waals surface area (Å²) in [7, 11) is -1.43. The van der Waals surface area contributed by atoms with Crippen molar-refractivity contribution in [1.82, 2.24) is 18.4 Å². The van der Waals surface area contributed by atoms with Crippen molar-refractivity contribution in [3.05, 3.63) is 0 Å². The number of likely N-dealkylation sites (N-methyl/N-ethyl adjacent to an activating group) is 1. The molecule has 2 aliphatic rings. The minimum absolute atomic E-state index is 0.0685. The molecule has 0 bridgehead atoms. The number of hydrogen-bond donors (Lipinski definition) is 1. The number of nitrogens with two attached hydrogens (primary N) is 1. The van der Waals surface area contributed by atoms with Gasteiger partial charge in [0.2, 0.25) is 5.91 Å². The zero-order chi connectivity index (χ0) is 17.9. The highest BCUT2D eigenvalue weighted by Gasteiger charge is 2.35. The van der Waals surface area contributed by atoms with Gasteiger partial charge in [-0.25, -0.2) is 0 Å². The molecule has 2 heterocycles. The van der Waals surface area contributed by atoms with Crippen LogP contribution >= 0.6 is 0 Å². The number of rotatable bonds is 5. The molecule has 24 heavy (non-hydrogen) atoms. The Labute approximate surface area is 145 Å². The Kier molecular flexibility index (Phi) is 6.60. The lowest BCUT2D eigenvalue weighted by Gasteiger charge is -2.39. The molecule has 0 aromatic heterocycles. The van der Waals surface area contributed by atoms with Gasteiger partial charge in [-0.05, 0) is 13.0 Å². The Balaban J connectivity index is 1.91. The highest BCUT2D eigenvalue weighted by molar-refractivity contribution is 7.86. The van der Waals surface area contributed by atoms with Crippen LogP contribution in [0.5, 0.6) is 0 Å². The van der Waals surface area contributed by atoms with Crippen LogP contribution in [0, 0.1) is 5.92 Å². The maximum absolute atomic E-state index is 12.7. The number of carbonyl (C=O) groups is 1. The van der Waals surface area contributed by atoms with E-state index in [1.807, 2.05) is 20.9 Å². The highest BCUT2D eigenvalue weighted by atomic mass is 32.2. The van der Waals surface area contributed by atoms with E-state index in [-0.39, 0.29) is 11.8 Å². The molecule has 2 unspecified atom stereocenters. The van der Waals surface area contributed by atoms with Crippen molar-refractivity contribution in [2.45, 2.75) is 26.3 Å². The summed E-state index contributed by atoms with van der Waals surface area (Å²) in [6, 6.07) is -0.504. The van der Waals surface area contributed by atoms with Crippen molar-refractivity contribution in [2.75, 3.05) is 59.4 Å². The first-order valence-electron chi connectivity index (χ1n) is 8.75. The predicted molar refractivity (Wildman–Crippen MR) is 93.6 cm³/mol. The molecule has 0 aromatic rings. The summed E-state index contributed by atoms with van der Waals surface area (Å²) in [6.45, 7) is 8.04. The molecule has 2 N–H and O–H groups in total. The van der Waals surface area contributed by atoms with Crippen molar-refractivity contribution in [2.24, 2.45) is 11.7 Å². The van der Waals surface area contributed by atoms with E-state index in [2.05, 4.69) is 4.90 Å². The van der Waals surface area contributed by atoms with Crippen molar-refractivity contribution in [3.63, 3.8) is 0 Å². The van der Waals surface area contributed by atoms with Gasteiger partial charge < -0.3 is 15.5 Å². The van der Waals surface area contributed by atoms with Crippen molar-refractivity contribution in [3.8, 4) is 0 Å². The Morgan fingerprint density at radius 2 is 1.46 bits per heavy atom. The van der Waals surface area contributed by atoms with Gasteiger partial charge in [0.15, 0.2) is 0 Å². The van der Waals surface area contributed by atoms with Crippen LogP contribution in [-0.4, -0.2) is 98.2 Å². The lowest BCUT2D eigenvalue weighted by Crippen LogP contribution is -2.59. The second-order valence-corrected chi connectivity index (χ2v) is 8.77. The Morgan fingerprint density at radius 3 is 1.92 bits per heavy atom.